The molecule has 2 aromatic heterocycles. The van der Waals surface area contributed by atoms with Gasteiger partial charge in [0.15, 0.2) is 16.6 Å². The van der Waals surface area contributed by atoms with Crippen LogP contribution in [0.15, 0.2) is 64.2 Å². The van der Waals surface area contributed by atoms with Crippen molar-refractivity contribution in [3.8, 4) is 0 Å². The maximum atomic E-state index is 13.8. The first-order chi connectivity index (χ1) is 19.4. The van der Waals surface area contributed by atoms with E-state index in [2.05, 4.69) is 15.6 Å². The van der Waals surface area contributed by atoms with Gasteiger partial charge < -0.3 is 15.1 Å². The molecule has 0 bridgehead atoms. The van der Waals surface area contributed by atoms with E-state index in [9.17, 15) is 22.8 Å². The molecule has 2 N–H and O–H groups in total. The van der Waals surface area contributed by atoms with E-state index in [1.54, 1.807) is 30.3 Å². The second-order valence-corrected chi connectivity index (χ2v) is 11.3. The Kier molecular flexibility index (Phi) is 6.29. The van der Waals surface area contributed by atoms with Gasteiger partial charge in [-0.25, -0.2) is 13.4 Å². The van der Waals surface area contributed by atoms with Crippen LogP contribution in [0, 0.1) is 0 Å². The third kappa shape index (κ3) is 5.21. The second-order valence-electron chi connectivity index (χ2n) is 9.47. The van der Waals surface area contributed by atoms with Crippen LogP contribution in [0.5, 0.6) is 0 Å². The first kappa shape index (κ1) is 22.4. The van der Waals surface area contributed by atoms with E-state index >= 15 is 0 Å². The molecule has 11 heteroatoms. The molecule has 5 rings (SSSR count). The number of Topliss-reactive ketones (excluding diaryl/α,β-unsaturated/α-hetero) is 1. The molecule has 1 aliphatic heterocycles. The highest BCUT2D eigenvalue weighted by Crippen LogP contribution is 2.30. The van der Waals surface area contributed by atoms with Crippen molar-refractivity contribution in [3.05, 3.63) is 60.5 Å². The Morgan fingerprint density at radius 3 is 2.61 bits per heavy atom. The first-order valence-corrected chi connectivity index (χ1v) is 14.0. The number of rotatable bonds is 6. The van der Waals surface area contributed by atoms with E-state index in [0.29, 0.717) is 28.1 Å². The molecule has 1 aliphatic carbocycles. The molecule has 1 saturated heterocycles. The average molecular weight is 542 g/mol. The minimum atomic E-state index is -4.53. The van der Waals surface area contributed by atoms with Crippen molar-refractivity contribution in [1.29, 1.82) is 0 Å². The number of aromatic nitrogens is 1. The summed E-state index contributed by atoms with van der Waals surface area (Å²) >= 11 is 0. The summed E-state index contributed by atoms with van der Waals surface area (Å²) in [5.41, 5.74) is -0.970. The molecule has 10 nitrogen and oxygen atoms in total. The average Bonchev–Trinajstić information content (AvgIpc) is 3.37. The minimum Gasteiger partial charge on any atom is -0.451 e. The summed E-state index contributed by atoms with van der Waals surface area (Å²) in [6.45, 7) is -3.55. The van der Waals surface area contributed by atoms with E-state index in [4.69, 9.17) is 8.53 Å². The highest BCUT2D eigenvalue weighted by molar-refractivity contribution is 7.89. The van der Waals surface area contributed by atoms with Gasteiger partial charge in [0.1, 0.15) is 11.1 Å². The number of hydrogen-bond acceptors (Lipinski definition) is 7. The fraction of sp³-hybridized carbons (Fsp3) is 0.407. The van der Waals surface area contributed by atoms with Gasteiger partial charge in [0.2, 0.25) is 5.91 Å². The Labute approximate surface area is 225 Å². The van der Waals surface area contributed by atoms with Crippen LogP contribution in [-0.4, -0.2) is 59.9 Å². The highest BCUT2D eigenvalue weighted by Gasteiger charge is 2.43. The van der Waals surface area contributed by atoms with Gasteiger partial charge in [-0.3, -0.25) is 14.4 Å². The molecule has 3 heterocycles. The van der Waals surface area contributed by atoms with Crippen molar-refractivity contribution >= 4 is 38.6 Å². The summed E-state index contributed by atoms with van der Waals surface area (Å²) in [7, 11) is -4.53. The van der Waals surface area contributed by atoms with Gasteiger partial charge >= 0.3 is 0 Å². The summed E-state index contributed by atoms with van der Waals surface area (Å²) in [5, 5.41) is 5.45. The van der Waals surface area contributed by atoms with Crippen LogP contribution < -0.4 is 10.6 Å². The molecule has 3 aromatic rings. The minimum absolute atomic E-state index is 0.00165. The number of hydrogen-bond donors (Lipinski definition) is 2. The Balaban J connectivity index is 1.40. The second kappa shape index (κ2) is 10.7. The van der Waals surface area contributed by atoms with Gasteiger partial charge in [0, 0.05) is 18.1 Å². The first-order valence-electron chi connectivity index (χ1n) is 14.0. The SMILES string of the molecule is [2H]C1(NC(=O)C2(NC(=O)c3cc4ccccc4o3)CCCCC2)CCCN(S(=O)(=O)c2ccccn2)C([2H])([2H])C1=O. The number of amides is 2. The fourth-order valence-electron chi connectivity index (χ4n) is 4.86. The number of furan rings is 1. The molecular formula is C27H30N4O6S. The molecule has 38 heavy (non-hydrogen) atoms. The summed E-state index contributed by atoms with van der Waals surface area (Å²) in [6, 6.07) is 10.3. The Hall–Kier alpha value is -3.57. The monoisotopic (exact) mass is 541 g/mol. The van der Waals surface area contributed by atoms with Crippen molar-refractivity contribution in [2.75, 3.05) is 13.0 Å². The molecule has 200 valence electrons. The van der Waals surface area contributed by atoms with Crippen molar-refractivity contribution in [3.63, 3.8) is 0 Å². The maximum Gasteiger partial charge on any atom is 0.287 e. The van der Waals surface area contributed by atoms with Gasteiger partial charge in [-0.2, -0.15) is 4.31 Å². The molecule has 0 radical (unpaired) electrons. The quantitative estimate of drug-likeness (QED) is 0.489. The number of pyridine rings is 1. The lowest BCUT2D eigenvalue weighted by atomic mass is 9.80. The van der Waals surface area contributed by atoms with E-state index in [-0.39, 0.29) is 31.4 Å². The Bertz CT molecular complexity index is 1560. The predicted octanol–water partition coefficient (Wildman–Crippen LogP) is 2.80. The predicted molar refractivity (Wildman–Crippen MR) is 139 cm³/mol. The van der Waals surface area contributed by atoms with Crippen molar-refractivity contribution < 1.29 is 31.3 Å². The largest absolute Gasteiger partial charge is 0.451 e. The van der Waals surface area contributed by atoms with Gasteiger partial charge in [0.05, 0.1) is 16.6 Å². The number of nitrogens with one attached hydrogen (secondary N) is 2. The van der Waals surface area contributed by atoms with Gasteiger partial charge in [-0.1, -0.05) is 43.5 Å². The lowest BCUT2D eigenvalue weighted by molar-refractivity contribution is -0.132. The third-order valence-electron chi connectivity index (χ3n) is 6.89. The topological polar surface area (TPSA) is 139 Å². The summed E-state index contributed by atoms with van der Waals surface area (Å²) in [4.78, 5) is 44.4. The maximum absolute atomic E-state index is 13.8. The molecule has 1 saturated carbocycles. The fourth-order valence-corrected chi connectivity index (χ4v) is 6.10. The molecular weight excluding hydrogens is 508 g/mol. The highest BCUT2D eigenvalue weighted by atomic mass is 32.2. The third-order valence-corrected chi connectivity index (χ3v) is 8.51. The van der Waals surface area contributed by atoms with Gasteiger partial charge in [-0.05, 0) is 49.9 Å². The summed E-state index contributed by atoms with van der Waals surface area (Å²) in [6.07, 6.45) is 3.32. The standard InChI is InChI=1S/C27H30N4O6S/c32-21-18-31(38(35,36)24-12-4-7-15-28-24)16-8-10-20(21)29-26(34)27(13-5-1-6-14-27)30-25(33)23-17-19-9-2-3-11-22(19)37-23/h2-4,7,9,11-12,15,17,20H,1,5-6,8,10,13-14,16,18H2,(H,29,34)(H,30,33)/i18D2,20D. The van der Waals surface area contributed by atoms with E-state index in [0.717, 1.165) is 6.42 Å². The number of ketones is 1. The van der Waals surface area contributed by atoms with Crippen LogP contribution >= 0.6 is 0 Å². The smallest absolute Gasteiger partial charge is 0.287 e. The number of carbonyl (C=O) groups is 3. The number of carbonyl (C=O) groups excluding carboxylic acids is 3. The number of fused-ring (bicyclic) bond motifs is 1. The van der Waals surface area contributed by atoms with E-state index < -0.39 is 57.2 Å². The summed E-state index contributed by atoms with van der Waals surface area (Å²) in [5.74, 6) is -2.86. The molecule has 1 unspecified atom stereocenters. The van der Waals surface area contributed by atoms with Crippen molar-refractivity contribution in [1.82, 2.24) is 19.9 Å². The molecule has 2 aliphatic rings. The molecule has 1 atom stereocenters. The van der Waals surface area contributed by atoms with Crippen LogP contribution in [0.2, 0.25) is 0 Å². The number of benzene rings is 1. The van der Waals surface area contributed by atoms with Crippen LogP contribution in [0.25, 0.3) is 11.0 Å². The van der Waals surface area contributed by atoms with E-state index in [1.165, 1.54) is 24.4 Å². The number of sulfonamides is 1. The molecule has 2 fully saturated rings. The number of nitrogens with zero attached hydrogens (tertiary/aromatic N) is 2. The van der Waals surface area contributed by atoms with E-state index in [1.807, 2.05) is 0 Å². The van der Waals surface area contributed by atoms with Crippen LogP contribution in [0.4, 0.5) is 0 Å². The van der Waals surface area contributed by atoms with Crippen LogP contribution in [-0.2, 0) is 19.6 Å². The van der Waals surface area contributed by atoms with Crippen LogP contribution in [0.3, 0.4) is 0 Å². The zero-order valence-corrected chi connectivity index (χ0v) is 21.4. The Morgan fingerprint density at radius 1 is 1.11 bits per heavy atom. The Morgan fingerprint density at radius 2 is 1.87 bits per heavy atom. The zero-order chi connectivity index (χ0) is 29.5. The van der Waals surface area contributed by atoms with Gasteiger partial charge in [0.25, 0.3) is 15.9 Å². The molecule has 2 amide bonds. The van der Waals surface area contributed by atoms with Gasteiger partial charge in [-0.15, -0.1) is 0 Å². The lowest BCUT2D eigenvalue weighted by Crippen LogP contribution is -2.62. The lowest BCUT2D eigenvalue weighted by Gasteiger charge is -2.37. The van der Waals surface area contributed by atoms with Crippen LogP contribution in [0.1, 0.15) is 59.6 Å². The van der Waals surface area contributed by atoms with Crippen molar-refractivity contribution in [2.45, 2.75) is 61.5 Å². The zero-order valence-electron chi connectivity index (χ0n) is 23.6. The molecule has 1 aromatic carbocycles. The summed E-state index contributed by atoms with van der Waals surface area (Å²) < 4.78 is 58.4. The number of para-hydroxylation sites is 1. The normalized spacial score (nSPS) is 24.9. The molecule has 0 spiro atoms. The van der Waals surface area contributed by atoms with Crippen molar-refractivity contribution in [2.24, 2.45) is 0 Å².